The van der Waals surface area contributed by atoms with E-state index in [1.807, 2.05) is 0 Å². The number of carbonyl (C=O) groups excluding carboxylic acids is 1. The average molecular weight is 271 g/mol. The number of hydrogen-bond acceptors (Lipinski definition) is 4. The topological polar surface area (TPSA) is 84.9 Å². The lowest BCUT2D eigenvalue weighted by molar-refractivity contribution is -0.148. The predicted octanol–water partition coefficient (Wildman–Crippen LogP) is 0.664. The van der Waals surface area contributed by atoms with Gasteiger partial charge in [0, 0.05) is 13.2 Å². The fourth-order valence-electron chi connectivity index (χ4n) is 1.36. The molecule has 6 nitrogen and oxygen atoms in total. The molecule has 0 bridgehead atoms. The Kier molecular flexibility index (Phi) is 5.25. The van der Waals surface area contributed by atoms with Crippen molar-refractivity contribution in [3.8, 4) is 5.75 Å². The third-order valence-electron chi connectivity index (χ3n) is 2.43. The minimum atomic E-state index is -1.21. The summed E-state index contributed by atoms with van der Waals surface area (Å²) in [6.07, 6.45) is -1.18. The van der Waals surface area contributed by atoms with E-state index in [0.29, 0.717) is 0 Å². The van der Waals surface area contributed by atoms with Gasteiger partial charge >= 0.3 is 5.97 Å². The van der Waals surface area contributed by atoms with Crippen LogP contribution in [-0.4, -0.2) is 43.9 Å². The van der Waals surface area contributed by atoms with E-state index >= 15 is 0 Å². The van der Waals surface area contributed by atoms with Crippen LogP contribution in [0.1, 0.15) is 10.4 Å². The second-order valence-corrected chi connectivity index (χ2v) is 3.62. The fourth-order valence-corrected chi connectivity index (χ4v) is 1.36. The molecule has 0 aromatic heterocycles. The third kappa shape index (κ3) is 3.92. The largest absolute Gasteiger partial charge is 0.497 e. The van der Waals surface area contributed by atoms with Gasteiger partial charge < -0.3 is 19.9 Å². The predicted molar refractivity (Wildman–Crippen MR) is 63.7 cm³/mol. The minimum absolute atomic E-state index is 0.193. The Hall–Kier alpha value is -2.15. The standard InChI is InChI=1S/C12H14FNO5/c1-18-7-3-4-8(9(13)5-7)11(15)14-6-10(19-2)12(16)17/h3-5,10H,6H2,1-2H3,(H,14,15)(H,16,17). The number of methoxy groups -OCH3 is 2. The molecule has 0 spiro atoms. The van der Waals surface area contributed by atoms with Crippen molar-refractivity contribution in [3.63, 3.8) is 0 Å². The monoisotopic (exact) mass is 271 g/mol. The highest BCUT2D eigenvalue weighted by molar-refractivity contribution is 5.94. The molecule has 1 aromatic rings. The van der Waals surface area contributed by atoms with Crippen LogP contribution in [0.2, 0.25) is 0 Å². The molecule has 19 heavy (non-hydrogen) atoms. The number of aliphatic carboxylic acids is 1. The van der Waals surface area contributed by atoms with Gasteiger partial charge in [-0.15, -0.1) is 0 Å². The molecule has 0 aliphatic heterocycles. The summed E-state index contributed by atoms with van der Waals surface area (Å²) in [6.45, 7) is -0.254. The maximum Gasteiger partial charge on any atom is 0.334 e. The summed E-state index contributed by atoms with van der Waals surface area (Å²) in [5.41, 5.74) is -0.193. The molecule has 0 aliphatic carbocycles. The van der Waals surface area contributed by atoms with Gasteiger partial charge in [-0.25, -0.2) is 9.18 Å². The Labute approximate surface area is 109 Å². The van der Waals surface area contributed by atoms with Crippen molar-refractivity contribution in [2.75, 3.05) is 20.8 Å². The zero-order valence-electron chi connectivity index (χ0n) is 10.5. The number of rotatable bonds is 6. The van der Waals surface area contributed by atoms with E-state index in [2.05, 4.69) is 10.1 Å². The van der Waals surface area contributed by atoms with Gasteiger partial charge in [-0.05, 0) is 12.1 Å². The molecule has 1 amide bonds. The first-order valence-corrected chi connectivity index (χ1v) is 5.37. The first-order chi connectivity index (χ1) is 8.99. The van der Waals surface area contributed by atoms with Crippen molar-refractivity contribution in [2.45, 2.75) is 6.10 Å². The SMILES string of the molecule is COc1ccc(C(=O)NCC(OC)C(=O)O)c(F)c1. The first-order valence-electron chi connectivity index (χ1n) is 5.37. The molecule has 0 radical (unpaired) electrons. The van der Waals surface area contributed by atoms with Crippen LogP contribution < -0.4 is 10.1 Å². The van der Waals surface area contributed by atoms with Crippen LogP contribution in [0.4, 0.5) is 4.39 Å². The van der Waals surface area contributed by atoms with Gasteiger partial charge in [-0.3, -0.25) is 4.79 Å². The van der Waals surface area contributed by atoms with Gasteiger partial charge in [0.05, 0.1) is 19.2 Å². The molecular formula is C12H14FNO5. The zero-order chi connectivity index (χ0) is 14.4. The molecule has 0 saturated heterocycles. The lowest BCUT2D eigenvalue weighted by Gasteiger charge is -2.12. The average Bonchev–Trinajstić information content (AvgIpc) is 2.38. The summed E-state index contributed by atoms with van der Waals surface area (Å²) >= 11 is 0. The number of nitrogens with one attached hydrogen (secondary N) is 1. The quantitative estimate of drug-likeness (QED) is 0.794. The Morgan fingerprint density at radius 2 is 2.11 bits per heavy atom. The van der Waals surface area contributed by atoms with E-state index in [1.54, 1.807) is 0 Å². The molecule has 1 unspecified atom stereocenters. The number of ether oxygens (including phenoxy) is 2. The summed E-state index contributed by atoms with van der Waals surface area (Å²) in [5.74, 6) is -2.39. The van der Waals surface area contributed by atoms with Crippen molar-refractivity contribution >= 4 is 11.9 Å². The van der Waals surface area contributed by atoms with Gasteiger partial charge in [-0.2, -0.15) is 0 Å². The lowest BCUT2D eigenvalue weighted by atomic mass is 10.2. The number of carboxylic acid groups (broad SMARTS) is 1. The summed E-state index contributed by atoms with van der Waals surface area (Å²) < 4.78 is 23.0. The highest BCUT2D eigenvalue weighted by atomic mass is 19.1. The number of halogens is 1. The number of carbonyl (C=O) groups is 2. The second-order valence-electron chi connectivity index (χ2n) is 3.62. The van der Waals surface area contributed by atoms with Crippen molar-refractivity contribution < 1.29 is 28.6 Å². The lowest BCUT2D eigenvalue weighted by Crippen LogP contribution is -2.38. The number of carboxylic acids is 1. The number of benzene rings is 1. The van der Waals surface area contributed by atoms with Crippen LogP contribution in [0.15, 0.2) is 18.2 Å². The molecule has 0 aliphatic rings. The van der Waals surface area contributed by atoms with Gasteiger partial charge in [0.25, 0.3) is 5.91 Å². The van der Waals surface area contributed by atoms with Crippen LogP contribution in [0.5, 0.6) is 5.75 Å². The fraction of sp³-hybridized carbons (Fsp3) is 0.333. The maximum atomic E-state index is 13.6. The maximum absolute atomic E-state index is 13.6. The van der Waals surface area contributed by atoms with Crippen LogP contribution in [-0.2, 0) is 9.53 Å². The first kappa shape index (κ1) is 14.9. The second kappa shape index (κ2) is 6.69. The van der Waals surface area contributed by atoms with Crippen LogP contribution in [0.25, 0.3) is 0 Å². The molecule has 0 fully saturated rings. The normalized spacial score (nSPS) is 11.7. The van der Waals surface area contributed by atoms with Crippen molar-refractivity contribution in [1.82, 2.24) is 5.32 Å². The van der Waals surface area contributed by atoms with Gasteiger partial charge in [0.1, 0.15) is 11.6 Å². The van der Waals surface area contributed by atoms with Gasteiger partial charge in [0.15, 0.2) is 6.10 Å². The molecule has 0 heterocycles. The van der Waals surface area contributed by atoms with Crippen molar-refractivity contribution in [3.05, 3.63) is 29.6 Å². The Balaban J connectivity index is 2.71. The molecular weight excluding hydrogens is 257 g/mol. The smallest absolute Gasteiger partial charge is 0.334 e. The summed E-state index contributed by atoms with van der Waals surface area (Å²) in [5, 5.41) is 11.0. The minimum Gasteiger partial charge on any atom is -0.497 e. The Morgan fingerprint density at radius 1 is 1.42 bits per heavy atom. The molecule has 7 heteroatoms. The molecule has 1 rings (SSSR count). The van der Waals surface area contributed by atoms with Crippen LogP contribution >= 0.6 is 0 Å². The highest BCUT2D eigenvalue weighted by Crippen LogP contribution is 2.16. The van der Waals surface area contributed by atoms with Gasteiger partial charge in [-0.1, -0.05) is 0 Å². The highest BCUT2D eigenvalue weighted by Gasteiger charge is 2.19. The van der Waals surface area contributed by atoms with E-state index in [0.717, 1.165) is 6.07 Å². The molecule has 0 saturated carbocycles. The summed E-state index contributed by atoms with van der Waals surface area (Å²) in [6, 6.07) is 3.76. The van der Waals surface area contributed by atoms with E-state index < -0.39 is 23.8 Å². The summed E-state index contributed by atoms with van der Waals surface area (Å²) in [4.78, 5) is 22.3. The third-order valence-corrected chi connectivity index (χ3v) is 2.43. The van der Waals surface area contributed by atoms with E-state index in [1.165, 1.54) is 26.4 Å². The van der Waals surface area contributed by atoms with E-state index in [-0.39, 0.29) is 17.9 Å². The number of hydrogen-bond donors (Lipinski definition) is 2. The van der Waals surface area contributed by atoms with Gasteiger partial charge in [0.2, 0.25) is 0 Å². The van der Waals surface area contributed by atoms with Crippen molar-refractivity contribution in [1.29, 1.82) is 0 Å². The van der Waals surface area contributed by atoms with Crippen LogP contribution in [0, 0.1) is 5.82 Å². The van der Waals surface area contributed by atoms with Crippen LogP contribution in [0.3, 0.4) is 0 Å². The van der Waals surface area contributed by atoms with E-state index in [9.17, 15) is 14.0 Å². The van der Waals surface area contributed by atoms with Crippen molar-refractivity contribution in [2.24, 2.45) is 0 Å². The zero-order valence-corrected chi connectivity index (χ0v) is 10.5. The molecule has 1 aromatic carbocycles. The Bertz CT molecular complexity index is 477. The Morgan fingerprint density at radius 3 is 2.58 bits per heavy atom. The molecule has 2 N–H and O–H groups in total. The number of amides is 1. The summed E-state index contributed by atoms with van der Waals surface area (Å²) in [7, 11) is 2.59. The molecule has 1 atom stereocenters. The molecule has 104 valence electrons. The van der Waals surface area contributed by atoms with E-state index in [4.69, 9.17) is 9.84 Å².